The van der Waals surface area contributed by atoms with E-state index in [1.807, 2.05) is 42.5 Å². The van der Waals surface area contributed by atoms with E-state index in [1.165, 1.54) is 5.39 Å². The van der Waals surface area contributed by atoms with E-state index in [2.05, 4.69) is 46.6 Å². The Hall–Kier alpha value is -3.33. The van der Waals surface area contributed by atoms with Gasteiger partial charge in [-0.3, -0.25) is 0 Å². The van der Waals surface area contributed by atoms with Crippen molar-refractivity contribution in [2.45, 2.75) is 18.5 Å². The normalized spacial score (nSPS) is 10.9. The molecule has 0 saturated carbocycles. The summed E-state index contributed by atoms with van der Waals surface area (Å²) in [6.45, 7) is 0.774. The van der Waals surface area contributed by atoms with Crippen molar-refractivity contribution in [3.05, 3.63) is 78.0 Å². The van der Waals surface area contributed by atoms with Crippen LogP contribution in [0.4, 0.5) is 13.2 Å². The average Bonchev–Trinajstić information content (AvgIpc) is 2.70. The number of nitrogens with zero attached hydrogens (tertiary/aromatic N) is 1. The number of hydrogen-bond acceptors (Lipinski definition) is 3. The lowest BCUT2D eigenvalue weighted by Gasteiger charge is -2.08. The number of alkyl halides is 3. The molecule has 1 heterocycles. The van der Waals surface area contributed by atoms with Crippen molar-refractivity contribution in [1.82, 2.24) is 0 Å². The Labute approximate surface area is 172 Å². The lowest BCUT2D eigenvalue weighted by molar-refractivity contribution is -0.672. The van der Waals surface area contributed by atoms with Gasteiger partial charge in [-0.25, -0.2) is 8.42 Å². The maximum absolute atomic E-state index is 10.7. The highest BCUT2D eigenvalue weighted by molar-refractivity contribution is 7.86. The van der Waals surface area contributed by atoms with Gasteiger partial charge in [-0.1, -0.05) is 36.3 Å². The number of para-hydroxylation sites is 1. The van der Waals surface area contributed by atoms with Crippen molar-refractivity contribution in [2.24, 2.45) is 0 Å². The lowest BCUT2D eigenvalue weighted by atomic mass is 10.1. The van der Waals surface area contributed by atoms with E-state index in [0.29, 0.717) is 6.42 Å². The summed E-state index contributed by atoms with van der Waals surface area (Å²) in [7, 11) is -6.09. The predicted molar refractivity (Wildman–Crippen MR) is 106 cm³/mol. The number of fused-ring (bicyclic) bond motifs is 1. The second-order valence-electron chi connectivity index (χ2n) is 5.90. The van der Waals surface area contributed by atoms with E-state index in [-0.39, 0.29) is 0 Å². The van der Waals surface area contributed by atoms with Crippen LogP contribution >= 0.6 is 0 Å². The average molecular weight is 431 g/mol. The van der Waals surface area contributed by atoms with Crippen molar-refractivity contribution in [1.29, 1.82) is 0 Å². The summed E-state index contributed by atoms with van der Waals surface area (Å²) in [4.78, 5) is 0. The van der Waals surface area contributed by atoms with Gasteiger partial charge in [0.25, 0.3) is 5.69 Å². The molecule has 0 atom stereocenters. The molecule has 0 aliphatic carbocycles. The summed E-state index contributed by atoms with van der Waals surface area (Å²) in [6, 6.07) is 22.5. The van der Waals surface area contributed by atoms with E-state index in [9.17, 15) is 13.2 Å². The fraction of sp³-hybridized carbons (Fsp3) is 0.136. The number of terminal acetylenes is 1. The molecule has 4 nitrogen and oxygen atoms in total. The topological polar surface area (TPSA) is 61.1 Å². The first kappa shape index (κ1) is 23.0. The first-order valence-electron chi connectivity index (χ1n) is 8.58. The molecule has 0 N–H and O–H groups in total. The van der Waals surface area contributed by atoms with Gasteiger partial charge >= 0.3 is 5.51 Å². The fourth-order valence-electron chi connectivity index (χ4n) is 2.45. The van der Waals surface area contributed by atoms with Gasteiger partial charge in [-0.2, -0.15) is 17.7 Å². The van der Waals surface area contributed by atoms with Crippen LogP contribution in [0.15, 0.2) is 66.7 Å². The van der Waals surface area contributed by atoms with E-state index in [4.69, 9.17) is 19.4 Å². The predicted octanol–water partition coefficient (Wildman–Crippen LogP) is 3.60. The highest BCUT2D eigenvalue weighted by Gasteiger charge is 2.36. The minimum Gasteiger partial charge on any atom is -0.741 e. The SMILES string of the molecule is C#CCC[n+]1c(C#Cc2ccccc2)ccc2ccccc21.O=S(=O)([O-])C(F)(F)F. The zero-order chi connectivity index (χ0) is 22.2. The lowest BCUT2D eigenvalue weighted by Crippen LogP contribution is -2.38. The Morgan fingerprint density at radius 3 is 2.13 bits per heavy atom. The molecular formula is C22H16F3NO3S. The van der Waals surface area contributed by atoms with Crippen LogP contribution in [0.25, 0.3) is 10.9 Å². The number of hydrogen-bond donors (Lipinski definition) is 0. The maximum atomic E-state index is 10.7. The molecule has 0 fully saturated rings. The molecule has 0 saturated heterocycles. The number of aryl methyl sites for hydroxylation is 1. The van der Waals surface area contributed by atoms with E-state index >= 15 is 0 Å². The van der Waals surface area contributed by atoms with Crippen LogP contribution in [-0.4, -0.2) is 18.5 Å². The summed E-state index contributed by atoms with van der Waals surface area (Å²) >= 11 is 0. The third kappa shape index (κ3) is 6.35. The van der Waals surface area contributed by atoms with Crippen LogP contribution in [0.5, 0.6) is 0 Å². The smallest absolute Gasteiger partial charge is 0.485 e. The number of aromatic nitrogens is 1. The quantitative estimate of drug-likeness (QED) is 0.270. The van der Waals surface area contributed by atoms with Gasteiger partial charge in [0.05, 0.1) is 6.42 Å². The molecule has 0 spiro atoms. The third-order valence-corrected chi connectivity index (χ3v) is 4.38. The molecule has 0 aliphatic rings. The Balaban J connectivity index is 0.000000343. The third-order valence-electron chi connectivity index (χ3n) is 3.81. The maximum Gasteiger partial charge on any atom is 0.485 e. The minimum absolute atomic E-state index is 0.693. The van der Waals surface area contributed by atoms with Crippen LogP contribution in [0.3, 0.4) is 0 Å². The number of pyridine rings is 1. The van der Waals surface area contributed by atoms with Gasteiger partial charge in [-0.05, 0) is 24.3 Å². The Kier molecular flexibility index (Phi) is 7.60. The highest BCUT2D eigenvalue weighted by Crippen LogP contribution is 2.20. The van der Waals surface area contributed by atoms with Crippen molar-refractivity contribution < 1.29 is 30.7 Å². The van der Waals surface area contributed by atoms with Crippen LogP contribution in [0.1, 0.15) is 17.7 Å². The molecule has 3 aromatic rings. The van der Waals surface area contributed by atoms with Crippen LogP contribution in [-0.2, 0) is 16.7 Å². The van der Waals surface area contributed by atoms with Gasteiger partial charge in [0.15, 0.2) is 16.7 Å². The van der Waals surface area contributed by atoms with Crippen molar-refractivity contribution >= 4 is 21.0 Å². The second-order valence-corrected chi connectivity index (χ2v) is 7.27. The molecular weight excluding hydrogens is 415 g/mol. The standard InChI is InChI=1S/C21H16N.CHF3O3S/c1-2-3-17-22-20(15-13-18-9-5-4-6-10-18)16-14-19-11-7-8-12-21(19)22;2-1(3,4)8(5,6)7/h1,4-12,14,16H,3,17H2;(H,5,6,7)/q+1;/p-1. The summed E-state index contributed by atoms with van der Waals surface area (Å²) < 4.78 is 61.1. The van der Waals surface area contributed by atoms with Gasteiger partial charge < -0.3 is 4.55 Å². The van der Waals surface area contributed by atoms with Crippen LogP contribution in [0, 0.1) is 24.2 Å². The first-order valence-corrected chi connectivity index (χ1v) is 9.98. The monoisotopic (exact) mass is 431 g/mol. The van der Waals surface area contributed by atoms with Crippen molar-refractivity contribution in [3.63, 3.8) is 0 Å². The highest BCUT2D eigenvalue weighted by atomic mass is 32.2. The summed E-state index contributed by atoms with van der Waals surface area (Å²) in [5.74, 6) is 9.21. The van der Waals surface area contributed by atoms with E-state index < -0.39 is 15.6 Å². The Morgan fingerprint density at radius 2 is 1.53 bits per heavy atom. The Bertz CT molecular complexity index is 1220. The molecule has 30 heavy (non-hydrogen) atoms. The van der Waals surface area contributed by atoms with Crippen molar-refractivity contribution in [3.8, 4) is 24.2 Å². The molecule has 0 aliphatic heterocycles. The fourth-order valence-corrected chi connectivity index (χ4v) is 2.45. The number of halogens is 3. The summed E-state index contributed by atoms with van der Waals surface area (Å²) in [5, 5.41) is 1.20. The molecule has 0 amide bonds. The molecule has 0 bridgehead atoms. The van der Waals surface area contributed by atoms with E-state index in [0.717, 1.165) is 23.3 Å². The van der Waals surface area contributed by atoms with Gasteiger partial charge in [-0.15, -0.1) is 12.3 Å². The van der Waals surface area contributed by atoms with Gasteiger partial charge in [0.2, 0.25) is 5.52 Å². The second kappa shape index (κ2) is 9.93. The number of benzene rings is 2. The molecule has 154 valence electrons. The Morgan fingerprint density at radius 1 is 0.933 bits per heavy atom. The molecule has 3 rings (SSSR count). The van der Waals surface area contributed by atoms with Crippen LogP contribution < -0.4 is 4.57 Å². The summed E-state index contributed by atoms with van der Waals surface area (Å²) in [6.07, 6.45) is 6.13. The van der Waals surface area contributed by atoms with Crippen molar-refractivity contribution in [2.75, 3.05) is 0 Å². The van der Waals surface area contributed by atoms with Gasteiger partial charge in [0.1, 0.15) is 0 Å². The molecule has 1 aromatic heterocycles. The summed E-state index contributed by atoms with van der Waals surface area (Å²) in [5.41, 5.74) is -2.48. The zero-order valence-corrected chi connectivity index (χ0v) is 16.4. The minimum atomic E-state index is -6.09. The zero-order valence-electron chi connectivity index (χ0n) is 15.6. The molecule has 0 unspecified atom stereocenters. The molecule has 0 radical (unpaired) electrons. The largest absolute Gasteiger partial charge is 0.741 e. The van der Waals surface area contributed by atoms with Gasteiger partial charge in [0, 0.05) is 29.0 Å². The molecule has 8 heteroatoms. The first-order chi connectivity index (χ1) is 14.1. The van der Waals surface area contributed by atoms with Crippen LogP contribution in [0.2, 0.25) is 0 Å². The number of rotatable bonds is 2. The van der Waals surface area contributed by atoms with E-state index in [1.54, 1.807) is 0 Å². The molecule has 2 aromatic carbocycles.